The van der Waals surface area contributed by atoms with Crippen molar-refractivity contribution in [3.05, 3.63) is 0 Å². The lowest BCUT2D eigenvalue weighted by Crippen LogP contribution is -2.47. The second-order valence-electron chi connectivity index (χ2n) is 5.88. The second kappa shape index (κ2) is 11.7. The maximum absolute atomic E-state index is 8.91. The predicted octanol–water partition coefficient (Wildman–Crippen LogP) is 2.74. The third-order valence-electron chi connectivity index (χ3n) is 4.21. The molecule has 1 aliphatic rings. The van der Waals surface area contributed by atoms with Crippen molar-refractivity contribution in [3.63, 3.8) is 0 Å². The summed E-state index contributed by atoms with van der Waals surface area (Å²) in [6.07, 6.45) is 11.3. The smallest absolute Gasteiger partial charge is 0.0558 e. The molecule has 0 saturated carbocycles. The molecule has 0 atom stereocenters. The van der Waals surface area contributed by atoms with Crippen molar-refractivity contribution >= 4 is 0 Å². The van der Waals surface area contributed by atoms with E-state index in [-0.39, 0.29) is 0 Å². The van der Waals surface area contributed by atoms with Crippen molar-refractivity contribution in [1.82, 2.24) is 9.80 Å². The van der Waals surface area contributed by atoms with Crippen molar-refractivity contribution < 1.29 is 5.11 Å². The summed E-state index contributed by atoms with van der Waals surface area (Å²) < 4.78 is 0. The van der Waals surface area contributed by atoms with Crippen LogP contribution in [-0.2, 0) is 0 Å². The Labute approximate surface area is 120 Å². The number of aliphatic hydroxyl groups is 1. The van der Waals surface area contributed by atoms with Gasteiger partial charge in [0.25, 0.3) is 0 Å². The molecule has 0 spiro atoms. The average molecular weight is 270 g/mol. The van der Waals surface area contributed by atoms with E-state index < -0.39 is 0 Å². The molecular formula is C16H34N2O. The zero-order chi connectivity index (χ0) is 13.8. The maximum atomic E-state index is 8.91. The quantitative estimate of drug-likeness (QED) is 0.585. The molecule has 19 heavy (non-hydrogen) atoms. The van der Waals surface area contributed by atoms with Gasteiger partial charge in [-0.15, -0.1) is 0 Å². The van der Waals surface area contributed by atoms with E-state index in [0.29, 0.717) is 6.61 Å². The number of hydrogen-bond donors (Lipinski definition) is 1. The van der Waals surface area contributed by atoms with Gasteiger partial charge in [0.2, 0.25) is 0 Å². The maximum Gasteiger partial charge on any atom is 0.0558 e. The van der Waals surface area contributed by atoms with Gasteiger partial charge in [0.15, 0.2) is 0 Å². The summed E-state index contributed by atoms with van der Waals surface area (Å²) in [5.41, 5.74) is 0. The van der Waals surface area contributed by atoms with E-state index in [1.54, 1.807) is 0 Å². The number of aliphatic hydroxyl groups excluding tert-OH is 1. The van der Waals surface area contributed by atoms with Gasteiger partial charge in [0.1, 0.15) is 0 Å². The monoisotopic (exact) mass is 270 g/mol. The minimum Gasteiger partial charge on any atom is -0.395 e. The summed E-state index contributed by atoms with van der Waals surface area (Å²) in [5.74, 6) is 0. The molecule has 1 heterocycles. The van der Waals surface area contributed by atoms with Gasteiger partial charge < -0.3 is 10.0 Å². The standard InChI is InChI=1S/C16H34N2O/c1-2-3-4-5-6-7-8-9-10-17-11-13-18(14-12-17)15-16-19/h19H,2-16H2,1H3. The first-order valence-corrected chi connectivity index (χ1v) is 8.42. The number of hydrogen-bond acceptors (Lipinski definition) is 3. The van der Waals surface area contributed by atoms with Gasteiger partial charge in [0, 0.05) is 32.7 Å². The first kappa shape index (κ1) is 16.9. The zero-order valence-corrected chi connectivity index (χ0v) is 12.9. The summed E-state index contributed by atoms with van der Waals surface area (Å²) in [5, 5.41) is 8.91. The molecule has 1 fully saturated rings. The Morgan fingerprint density at radius 2 is 1.16 bits per heavy atom. The lowest BCUT2D eigenvalue weighted by molar-refractivity contribution is 0.111. The van der Waals surface area contributed by atoms with Crippen LogP contribution < -0.4 is 0 Å². The number of piperazine rings is 1. The third-order valence-corrected chi connectivity index (χ3v) is 4.21. The molecule has 1 N–H and O–H groups in total. The Kier molecular flexibility index (Phi) is 10.4. The van der Waals surface area contributed by atoms with Crippen LogP contribution in [0.5, 0.6) is 0 Å². The molecule has 114 valence electrons. The normalized spacial score (nSPS) is 18.0. The van der Waals surface area contributed by atoms with E-state index in [2.05, 4.69) is 16.7 Å². The highest BCUT2D eigenvalue weighted by atomic mass is 16.3. The molecule has 1 rings (SSSR count). The highest BCUT2D eigenvalue weighted by Gasteiger charge is 2.15. The highest BCUT2D eigenvalue weighted by molar-refractivity contribution is 4.71. The lowest BCUT2D eigenvalue weighted by atomic mass is 10.1. The summed E-state index contributed by atoms with van der Waals surface area (Å²) in [6, 6.07) is 0. The highest BCUT2D eigenvalue weighted by Crippen LogP contribution is 2.09. The Hall–Kier alpha value is -0.120. The summed E-state index contributed by atoms with van der Waals surface area (Å²) >= 11 is 0. The van der Waals surface area contributed by atoms with Crippen LogP contribution in [0.25, 0.3) is 0 Å². The van der Waals surface area contributed by atoms with E-state index >= 15 is 0 Å². The van der Waals surface area contributed by atoms with E-state index in [1.165, 1.54) is 71.0 Å². The van der Waals surface area contributed by atoms with Crippen LogP contribution in [0.15, 0.2) is 0 Å². The molecular weight excluding hydrogens is 236 g/mol. The predicted molar refractivity (Wildman–Crippen MR) is 82.6 cm³/mol. The van der Waals surface area contributed by atoms with E-state index in [1.807, 2.05) is 0 Å². The van der Waals surface area contributed by atoms with Gasteiger partial charge in [-0.05, 0) is 13.0 Å². The fraction of sp³-hybridized carbons (Fsp3) is 1.00. The average Bonchev–Trinajstić information content (AvgIpc) is 2.44. The fourth-order valence-electron chi connectivity index (χ4n) is 2.85. The summed E-state index contributed by atoms with van der Waals surface area (Å²) in [4.78, 5) is 4.95. The van der Waals surface area contributed by atoms with Crippen LogP contribution in [0.1, 0.15) is 58.3 Å². The van der Waals surface area contributed by atoms with Crippen molar-refractivity contribution in [2.24, 2.45) is 0 Å². The van der Waals surface area contributed by atoms with Crippen LogP contribution in [0.2, 0.25) is 0 Å². The minimum absolute atomic E-state index is 0.304. The molecule has 0 aliphatic carbocycles. The van der Waals surface area contributed by atoms with E-state index in [9.17, 15) is 0 Å². The molecule has 0 aromatic carbocycles. The van der Waals surface area contributed by atoms with Crippen LogP contribution in [0.4, 0.5) is 0 Å². The summed E-state index contributed by atoms with van der Waals surface area (Å²) in [7, 11) is 0. The van der Waals surface area contributed by atoms with Gasteiger partial charge in [-0.2, -0.15) is 0 Å². The van der Waals surface area contributed by atoms with Crippen molar-refractivity contribution in [2.75, 3.05) is 45.9 Å². The molecule has 0 unspecified atom stereocenters. The molecule has 3 nitrogen and oxygen atoms in total. The molecule has 0 aromatic heterocycles. The van der Waals surface area contributed by atoms with Crippen molar-refractivity contribution in [1.29, 1.82) is 0 Å². The van der Waals surface area contributed by atoms with Crippen LogP contribution in [0.3, 0.4) is 0 Å². The first-order valence-electron chi connectivity index (χ1n) is 8.42. The molecule has 0 aromatic rings. The zero-order valence-electron chi connectivity index (χ0n) is 12.9. The van der Waals surface area contributed by atoms with E-state index in [0.717, 1.165) is 19.6 Å². The number of β-amino-alcohol motifs (C(OH)–C–C–N with tert-alkyl or cyclic N) is 1. The Balaban J connectivity index is 1.85. The minimum atomic E-state index is 0.304. The fourth-order valence-corrected chi connectivity index (χ4v) is 2.85. The molecule has 1 aliphatic heterocycles. The number of nitrogens with zero attached hydrogens (tertiary/aromatic N) is 2. The topological polar surface area (TPSA) is 26.7 Å². The van der Waals surface area contributed by atoms with Crippen LogP contribution >= 0.6 is 0 Å². The lowest BCUT2D eigenvalue weighted by Gasteiger charge is -2.34. The number of unbranched alkanes of at least 4 members (excludes halogenated alkanes) is 7. The van der Waals surface area contributed by atoms with Gasteiger partial charge in [-0.25, -0.2) is 0 Å². The van der Waals surface area contributed by atoms with Gasteiger partial charge >= 0.3 is 0 Å². The largest absolute Gasteiger partial charge is 0.395 e. The van der Waals surface area contributed by atoms with Gasteiger partial charge in [0.05, 0.1) is 6.61 Å². The molecule has 0 bridgehead atoms. The Morgan fingerprint density at radius 3 is 1.68 bits per heavy atom. The van der Waals surface area contributed by atoms with Crippen molar-refractivity contribution in [3.8, 4) is 0 Å². The third kappa shape index (κ3) is 8.61. The Bertz CT molecular complexity index is 191. The SMILES string of the molecule is CCCCCCCCCCN1CCN(CCO)CC1. The second-order valence-corrected chi connectivity index (χ2v) is 5.88. The van der Waals surface area contributed by atoms with Gasteiger partial charge in [-0.3, -0.25) is 4.90 Å². The first-order chi connectivity index (χ1) is 9.36. The molecule has 1 saturated heterocycles. The van der Waals surface area contributed by atoms with Crippen molar-refractivity contribution in [2.45, 2.75) is 58.3 Å². The summed E-state index contributed by atoms with van der Waals surface area (Å²) in [6.45, 7) is 9.37. The molecule has 3 heteroatoms. The van der Waals surface area contributed by atoms with Crippen LogP contribution in [0, 0.1) is 0 Å². The van der Waals surface area contributed by atoms with Crippen LogP contribution in [-0.4, -0.2) is 60.8 Å². The molecule has 0 radical (unpaired) electrons. The van der Waals surface area contributed by atoms with Gasteiger partial charge in [-0.1, -0.05) is 51.9 Å². The van der Waals surface area contributed by atoms with E-state index in [4.69, 9.17) is 5.11 Å². The Morgan fingerprint density at radius 1 is 0.684 bits per heavy atom. The number of rotatable bonds is 11. The molecule has 0 amide bonds.